The zero-order chi connectivity index (χ0) is 15.4. The Morgan fingerprint density at radius 2 is 2.23 bits per heavy atom. The first-order valence-electron chi connectivity index (χ1n) is 8.15. The molecule has 1 saturated heterocycles. The normalized spacial score (nSPS) is 25.6. The highest BCUT2D eigenvalue weighted by Gasteiger charge is 2.37. The summed E-state index contributed by atoms with van der Waals surface area (Å²) in [4.78, 5) is 22.3. The van der Waals surface area contributed by atoms with Crippen molar-refractivity contribution >= 4 is 11.7 Å². The van der Waals surface area contributed by atoms with E-state index in [1.54, 1.807) is 18.6 Å². The number of carbonyl (C=O) groups excluding carboxylic acids is 1. The molecule has 1 aliphatic heterocycles. The Morgan fingerprint density at radius 3 is 2.95 bits per heavy atom. The molecule has 6 heteroatoms. The van der Waals surface area contributed by atoms with Gasteiger partial charge in [0.2, 0.25) is 5.91 Å². The molecule has 1 atom stereocenters. The van der Waals surface area contributed by atoms with E-state index in [1.807, 2.05) is 4.90 Å². The van der Waals surface area contributed by atoms with Gasteiger partial charge in [0.05, 0.1) is 6.20 Å². The van der Waals surface area contributed by atoms with E-state index in [9.17, 15) is 9.90 Å². The van der Waals surface area contributed by atoms with Crippen molar-refractivity contribution in [1.82, 2.24) is 15.3 Å². The highest BCUT2D eigenvalue weighted by atomic mass is 16.3. The standard InChI is InChI=1S/C16H24N4O2/c21-15(9-13-3-1-2-4-13)19-11-16(22)5-8-20(12-16)14-10-17-6-7-18-14/h6-7,10,13,22H,1-5,8-9,11-12H2,(H,19,21)/t16-/m0/s1. The Kier molecular flexibility index (Phi) is 4.57. The lowest BCUT2D eigenvalue weighted by Crippen LogP contribution is -2.45. The summed E-state index contributed by atoms with van der Waals surface area (Å²) in [5.74, 6) is 1.38. The van der Waals surface area contributed by atoms with Gasteiger partial charge in [-0.1, -0.05) is 12.8 Å². The van der Waals surface area contributed by atoms with Gasteiger partial charge in [0.15, 0.2) is 0 Å². The van der Waals surface area contributed by atoms with Crippen LogP contribution in [0.3, 0.4) is 0 Å². The van der Waals surface area contributed by atoms with E-state index in [2.05, 4.69) is 15.3 Å². The zero-order valence-electron chi connectivity index (χ0n) is 12.9. The van der Waals surface area contributed by atoms with Crippen molar-refractivity contribution in [2.24, 2.45) is 5.92 Å². The second-order valence-corrected chi connectivity index (χ2v) is 6.59. The van der Waals surface area contributed by atoms with E-state index in [-0.39, 0.29) is 5.91 Å². The van der Waals surface area contributed by atoms with Crippen molar-refractivity contribution in [2.45, 2.75) is 44.1 Å². The van der Waals surface area contributed by atoms with Crippen molar-refractivity contribution in [3.05, 3.63) is 18.6 Å². The number of amides is 1. The zero-order valence-corrected chi connectivity index (χ0v) is 12.9. The van der Waals surface area contributed by atoms with Crippen LogP contribution in [-0.4, -0.2) is 46.2 Å². The van der Waals surface area contributed by atoms with Gasteiger partial charge in [0.1, 0.15) is 11.4 Å². The summed E-state index contributed by atoms with van der Waals surface area (Å²) < 4.78 is 0. The monoisotopic (exact) mass is 304 g/mol. The number of hydrogen-bond donors (Lipinski definition) is 2. The summed E-state index contributed by atoms with van der Waals surface area (Å²) in [5.41, 5.74) is -0.872. The van der Waals surface area contributed by atoms with Crippen LogP contribution in [-0.2, 0) is 4.79 Å². The van der Waals surface area contributed by atoms with Gasteiger partial charge in [-0.3, -0.25) is 9.78 Å². The quantitative estimate of drug-likeness (QED) is 0.852. The first-order valence-corrected chi connectivity index (χ1v) is 8.15. The summed E-state index contributed by atoms with van der Waals surface area (Å²) in [6.07, 6.45) is 11.0. The largest absolute Gasteiger partial charge is 0.386 e. The van der Waals surface area contributed by atoms with E-state index in [1.165, 1.54) is 12.8 Å². The summed E-state index contributed by atoms with van der Waals surface area (Å²) in [6.45, 7) is 1.53. The fourth-order valence-corrected chi connectivity index (χ4v) is 3.46. The van der Waals surface area contributed by atoms with Crippen molar-refractivity contribution < 1.29 is 9.90 Å². The maximum Gasteiger partial charge on any atom is 0.220 e. The van der Waals surface area contributed by atoms with Crippen LogP contribution in [0.5, 0.6) is 0 Å². The first-order chi connectivity index (χ1) is 10.6. The van der Waals surface area contributed by atoms with E-state index in [0.717, 1.165) is 25.2 Å². The predicted molar refractivity (Wildman–Crippen MR) is 83.4 cm³/mol. The Morgan fingerprint density at radius 1 is 1.41 bits per heavy atom. The molecule has 1 aromatic heterocycles. The molecule has 0 radical (unpaired) electrons. The molecule has 2 fully saturated rings. The van der Waals surface area contributed by atoms with Crippen LogP contribution in [0.2, 0.25) is 0 Å². The van der Waals surface area contributed by atoms with Gasteiger partial charge in [-0.05, 0) is 25.2 Å². The molecule has 0 unspecified atom stereocenters. The summed E-state index contributed by atoms with van der Waals surface area (Å²) in [5, 5.41) is 13.5. The molecular weight excluding hydrogens is 280 g/mol. The molecule has 0 aromatic carbocycles. The molecule has 2 aliphatic rings. The van der Waals surface area contributed by atoms with Crippen molar-refractivity contribution in [2.75, 3.05) is 24.5 Å². The van der Waals surface area contributed by atoms with E-state index >= 15 is 0 Å². The fourth-order valence-electron chi connectivity index (χ4n) is 3.46. The molecule has 1 aliphatic carbocycles. The van der Waals surface area contributed by atoms with Gasteiger partial charge < -0.3 is 15.3 Å². The molecule has 2 heterocycles. The van der Waals surface area contributed by atoms with Gasteiger partial charge in [-0.25, -0.2) is 4.98 Å². The van der Waals surface area contributed by atoms with Crippen LogP contribution in [0, 0.1) is 5.92 Å². The fraction of sp³-hybridized carbons (Fsp3) is 0.688. The Hall–Kier alpha value is -1.69. The molecule has 1 saturated carbocycles. The average Bonchev–Trinajstić information content (AvgIpc) is 3.17. The molecule has 1 amide bonds. The third-order valence-corrected chi connectivity index (χ3v) is 4.77. The topological polar surface area (TPSA) is 78.4 Å². The lowest BCUT2D eigenvalue weighted by molar-refractivity contribution is -0.123. The highest BCUT2D eigenvalue weighted by Crippen LogP contribution is 2.28. The maximum atomic E-state index is 12.0. The minimum atomic E-state index is -0.872. The number of aliphatic hydroxyl groups is 1. The van der Waals surface area contributed by atoms with Crippen LogP contribution >= 0.6 is 0 Å². The van der Waals surface area contributed by atoms with Gasteiger partial charge in [-0.15, -0.1) is 0 Å². The third kappa shape index (κ3) is 3.74. The van der Waals surface area contributed by atoms with E-state index in [4.69, 9.17) is 0 Å². The first kappa shape index (κ1) is 15.2. The molecule has 3 rings (SSSR count). The Bertz CT molecular complexity index is 504. The predicted octanol–water partition coefficient (Wildman–Crippen LogP) is 1.11. The Labute approximate surface area is 131 Å². The summed E-state index contributed by atoms with van der Waals surface area (Å²) in [7, 11) is 0. The van der Waals surface area contributed by atoms with Crippen molar-refractivity contribution in [3.63, 3.8) is 0 Å². The SMILES string of the molecule is O=C(CC1CCCC1)NC[C@@]1(O)CCN(c2cnccn2)C1. The van der Waals surface area contributed by atoms with Gasteiger partial charge in [-0.2, -0.15) is 0 Å². The van der Waals surface area contributed by atoms with E-state index in [0.29, 0.717) is 31.8 Å². The second kappa shape index (κ2) is 6.60. The lowest BCUT2D eigenvalue weighted by Gasteiger charge is -2.24. The average molecular weight is 304 g/mol. The minimum absolute atomic E-state index is 0.0678. The smallest absolute Gasteiger partial charge is 0.220 e. The molecule has 22 heavy (non-hydrogen) atoms. The van der Waals surface area contributed by atoms with Gasteiger partial charge in [0.25, 0.3) is 0 Å². The number of hydrogen-bond acceptors (Lipinski definition) is 5. The third-order valence-electron chi connectivity index (χ3n) is 4.77. The molecule has 2 N–H and O–H groups in total. The summed E-state index contributed by atoms with van der Waals surface area (Å²) in [6, 6.07) is 0. The van der Waals surface area contributed by atoms with E-state index < -0.39 is 5.60 Å². The molecule has 6 nitrogen and oxygen atoms in total. The molecule has 0 spiro atoms. The number of carbonyl (C=O) groups is 1. The minimum Gasteiger partial charge on any atom is -0.386 e. The van der Waals surface area contributed by atoms with Crippen LogP contribution in [0.25, 0.3) is 0 Å². The molecule has 0 bridgehead atoms. The van der Waals surface area contributed by atoms with Gasteiger partial charge in [0, 0.05) is 38.4 Å². The highest BCUT2D eigenvalue weighted by molar-refractivity contribution is 5.76. The van der Waals surface area contributed by atoms with Crippen LogP contribution in [0.4, 0.5) is 5.82 Å². The number of β-amino-alcohol motifs (C(OH)–C–C–N with tert-alkyl or cyclic N) is 1. The number of nitrogens with zero attached hydrogens (tertiary/aromatic N) is 3. The van der Waals surface area contributed by atoms with Crippen LogP contribution in [0.1, 0.15) is 38.5 Å². The lowest BCUT2D eigenvalue weighted by atomic mass is 10.0. The molecule has 1 aromatic rings. The molecular formula is C16H24N4O2. The van der Waals surface area contributed by atoms with Crippen LogP contribution < -0.4 is 10.2 Å². The number of anilines is 1. The van der Waals surface area contributed by atoms with Crippen molar-refractivity contribution in [1.29, 1.82) is 0 Å². The number of rotatable bonds is 5. The second-order valence-electron chi connectivity index (χ2n) is 6.59. The number of aromatic nitrogens is 2. The maximum absolute atomic E-state index is 12.0. The van der Waals surface area contributed by atoms with Gasteiger partial charge >= 0.3 is 0 Å². The number of nitrogens with one attached hydrogen (secondary N) is 1. The van der Waals surface area contributed by atoms with Crippen LogP contribution in [0.15, 0.2) is 18.6 Å². The summed E-state index contributed by atoms with van der Waals surface area (Å²) >= 11 is 0. The molecule has 120 valence electrons. The van der Waals surface area contributed by atoms with Crippen molar-refractivity contribution in [3.8, 4) is 0 Å². The Balaban J connectivity index is 1.47.